The van der Waals surface area contributed by atoms with Crippen LogP contribution >= 0.6 is 0 Å². The van der Waals surface area contributed by atoms with Crippen molar-refractivity contribution in [2.24, 2.45) is 11.8 Å². The van der Waals surface area contributed by atoms with Crippen LogP contribution in [0.15, 0.2) is 24.3 Å². The molecule has 21 heavy (non-hydrogen) atoms. The molecule has 4 heteroatoms. The normalized spacial score (nSPS) is 20.0. The van der Waals surface area contributed by atoms with E-state index < -0.39 is 0 Å². The lowest BCUT2D eigenvalue weighted by molar-refractivity contribution is -0.132. The molecule has 2 amide bonds. The van der Waals surface area contributed by atoms with Crippen molar-refractivity contribution < 1.29 is 9.59 Å². The Morgan fingerprint density at radius 2 is 1.90 bits per heavy atom. The van der Waals surface area contributed by atoms with Gasteiger partial charge in [-0.25, -0.2) is 0 Å². The Hall–Kier alpha value is -1.84. The summed E-state index contributed by atoms with van der Waals surface area (Å²) in [5.74, 6) is -0.228. The van der Waals surface area contributed by atoms with E-state index in [-0.39, 0.29) is 23.7 Å². The Morgan fingerprint density at radius 3 is 2.52 bits per heavy atom. The second kappa shape index (κ2) is 6.74. The van der Waals surface area contributed by atoms with Gasteiger partial charge in [-0.15, -0.1) is 0 Å². The van der Waals surface area contributed by atoms with Crippen molar-refractivity contribution in [3.05, 3.63) is 29.8 Å². The number of hydrogen-bond donors (Lipinski definition) is 1. The quantitative estimate of drug-likeness (QED) is 0.875. The molecule has 1 N–H and O–H groups in total. The fraction of sp³-hybridized carbons (Fsp3) is 0.529. The molecular formula is C17H24N2O2. The lowest BCUT2D eigenvalue weighted by atomic mass is 10.2. The molecule has 0 aromatic heterocycles. The van der Waals surface area contributed by atoms with Gasteiger partial charge in [-0.1, -0.05) is 31.0 Å². The summed E-state index contributed by atoms with van der Waals surface area (Å²) in [5, 5.41) is 2.89. The van der Waals surface area contributed by atoms with Crippen LogP contribution in [0.25, 0.3) is 0 Å². The van der Waals surface area contributed by atoms with Gasteiger partial charge in [0.2, 0.25) is 11.8 Å². The Labute approximate surface area is 126 Å². The van der Waals surface area contributed by atoms with Gasteiger partial charge in [-0.05, 0) is 31.9 Å². The molecule has 114 valence electrons. The summed E-state index contributed by atoms with van der Waals surface area (Å²) in [7, 11) is 1.82. The number of carbonyl (C=O) groups excluding carboxylic acids is 2. The van der Waals surface area contributed by atoms with Gasteiger partial charge in [-0.2, -0.15) is 0 Å². The summed E-state index contributed by atoms with van der Waals surface area (Å²) in [6.45, 7) is 4.89. The summed E-state index contributed by atoms with van der Waals surface area (Å²) in [4.78, 5) is 26.1. The highest BCUT2D eigenvalue weighted by Gasteiger charge is 2.48. The molecule has 1 aromatic carbocycles. The number of carbonyl (C=O) groups is 2. The van der Waals surface area contributed by atoms with Crippen LogP contribution in [-0.2, 0) is 9.59 Å². The maximum absolute atomic E-state index is 12.2. The first-order chi connectivity index (χ1) is 10.0. The number of benzene rings is 1. The number of unbranched alkanes of at least 4 members (excludes halogenated alkanes) is 1. The van der Waals surface area contributed by atoms with E-state index in [9.17, 15) is 9.59 Å². The molecule has 4 nitrogen and oxygen atoms in total. The lowest BCUT2D eigenvalue weighted by Gasteiger charge is -2.16. The number of anilines is 1. The molecule has 0 aliphatic heterocycles. The maximum Gasteiger partial charge on any atom is 0.228 e. The van der Waals surface area contributed by atoms with Crippen molar-refractivity contribution in [3.63, 3.8) is 0 Å². The zero-order valence-corrected chi connectivity index (χ0v) is 13.1. The number of amides is 2. The smallest absolute Gasteiger partial charge is 0.228 e. The van der Waals surface area contributed by atoms with E-state index in [0.29, 0.717) is 6.42 Å². The fourth-order valence-electron chi connectivity index (χ4n) is 2.42. The molecule has 0 spiro atoms. The van der Waals surface area contributed by atoms with Gasteiger partial charge < -0.3 is 10.2 Å². The minimum Gasteiger partial charge on any atom is -0.346 e. The van der Waals surface area contributed by atoms with Crippen molar-refractivity contribution in [1.29, 1.82) is 0 Å². The lowest BCUT2D eigenvalue weighted by Crippen LogP contribution is -2.30. The van der Waals surface area contributed by atoms with Crippen LogP contribution < -0.4 is 5.32 Å². The molecule has 1 fully saturated rings. The predicted molar refractivity (Wildman–Crippen MR) is 84.0 cm³/mol. The Morgan fingerprint density at radius 1 is 1.24 bits per heavy atom. The van der Waals surface area contributed by atoms with Gasteiger partial charge in [0.25, 0.3) is 0 Å². The van der Waals surface area contributed by atoms with E-state index in [0.717, 1.165) is 30.6 Å². The van der Waals surface area contributed by atoms with Crippen LogP contribution in [0.2, 0.25) is 0 Å². The fourth-order valence-corrected chi connectivity index (χ4v) is 2.42. The standard InChI is InChI=1S/C17H24N2O2/c1-4-5-10-19(3)17(21)15-11-14(15)16(20)18-13-8-6-12(2)7-9-13/h6-9,14-15H,4-5,10-11H2,1-3H3,(H,18,20). The average Bonchev–Trinajstić information content (AvgIpc) is 3.27. The van der Waals surface area contributed by atoms with E-state index in [1.54, 1.807) is 4.90 Å². The molecule has 2 rings (SSSR count). The van der Waals surface area contributed by atoms with E-state index in [4.69, 9.17) is 0 Å². The van der Waals surface area contributed by atoms with E-state index in [1.807, 2.05) is 38.2 Å². The van der Waals surface area contributed by atoms with Gasteiger partial charge in [0.05, 0.1) is 11.8 Å². The van der Waals surface area contributed by atoms with Crippen molar-refractivity contribution >= 4 is 17.5 Å². The predicted octanol–water partition coefficient (Wildman–Crippen LogP) is 2.83. The van der Waals surface area contributed by atoms with Crippen molar-refractivity contribution in [2.45, 2.75) is 33.1 Å². The molecular weight excluding hydrogens is 264 g/mol. The van der Waals surface area contributed by atoms with Crippen molar-refractivity contribution in [2.75, 3.05) is 18.9 Å². The summed E-state index contributed by atoms with van der Waals surface area (Å²) < 4.78 is 0. The van der Waals surface area contributed by atoms with E-state index in [2.05, 4.69) is 12.2 Å². The topological polar surface area (TPSA) is 49.4 Å². The van der Waals surface area contributed by atoms with Gasteiger partial charge in [0.1, 0.15) is 0 Å². The van der Waals surface area contributed by atoms with Crippen LogP contribution in [0.3, 0.4) is 0 Å². The molecule has 0 heterocycles. The molecule has 2 atom stereocenters. The zero-order valence-electron chi connectivity index (χ0n) is 13.1. The number of aryl methyl sites for hydroxylation is 1. The molecule has 1 aliphatic carbocycles. The summed E-state index contributed by atoms with van der Waals surface area (Å²) >= 11 is 0. The van der Waals surface area contributed by atoms with Gasteiger partial charge in [0.15, 0.2) is 0 Å². The van der Waals surface area contributed by atoms with Gasteiger partial charge in [-0.3, -0.25) is 9.59 Å². The van der Waals surface area contributed by atoms with Crippen LogP contribution in [-0.4, -0.2) is 30.3 Å². The van der Waals surface area contributed by atoms with Gasteiger partial charge >= 0.3 is 0 Å². The number of hydrogen-bond acceptors (Lipinski definition) is 2. The van der Waals surface area contributed by atoms with Crippen LogP contribution in [0.1, 0.15) is 31.7 Å². The number of nitrogens with zero attached hydrogens (tertiary/aromatic N) is 1. The highest BCUT2D eigenvalue weighted by molar-refractivity contribution is 5.99. The van der Waals surface area contributed by atoms with Crippen LogP contribution in [0, 0.1) is 18.8 Å². The van der Waals surface area contributed by atoms with Crippen molar-refractivity contribution in [3.8, 4) is 0 Å². The second-order valence-electron chi connectivity index (χ2n) is 5.92. The SMILES string of the molecule is CCCCN(C)C(=O)C1CC1C(=O)Nc1ccc(C)cc1. The Kier molecular flexibility index (Phi) is 4.99. The van der Waals surface area contributed by atoms with Crippen LogP contribution in [0.5, 0.6) is 0 Å². The molecule has 0 saturated heterocycles. The first-order valence-corrected chi connectivity index (χ1v) is 7.65. The van der Waals surface area contributed by atoms with E-state index >= 15 is 0 Å². The minimum absolute atomic E-state index is 0.0407. The van der Waals surface area contributed by atoms with Gasteiger partial charge in [0, 0.05) is 19.3 Å². The first kappa shape index (κ1) is 15.5. The molecule has 1 aliphatic rings. The highest BCUT2D eigenvalue weighted by Crippen LogP contribution is 2.40. The first-order valence-electron chi connectivity index (χ1n) is 7.65. The Bertz CT molecular complexity index is 510. The number of rotatable bonds is 6. The highest BCUT2D eigenvalue weighted by atomic mass is 16.2. The second-order valence-corrected chi connectivity index (χ2v) is 5.92. The van der Waals surface area contributed by atoms with Crippen molar-refractivity contribution in [1.82, 2.24) is 4.90 Å². The largest absolute Gasteiger partial charge is 0.346 e. The Balaban J connectivity index is 1.83. The molecule has 1 aromatic rings. The monoisotopic (exact) mass is 288 g/mol. The third kappa shape index (κ3) is 4.06. The summed E-state index contributed by atoms with van der Waals surface area (Å²) in [6, 6.07) is 7.70. The molecule has 0 bridgehead atoms. The molecule has 0 radical (unpaired) electrons. The van der Waals surface area contributed by atoms with Crippen LogP contribution in [0.4, 0.5) is 5.69 Å². The summed E-state index contributed by atoms with van der Waals surface area (Å²) in [6.07, 6.45) is 2.75. The molecule has 2 unspecified atom stereocenters. The number of nitrogens with one attached hydrogen (secondary N) is 1. The summed E-state index contributed by atoms with van der Waals surface area (Å²) in [5.41, 5.74) is 1.95. The average molecular weight is 288 g/mol. The molecule has 1 saturated carbocycles. The third-order valence-corrected chi connectivity index (χ3v) is 3.99. The minimum atomic E-state index is -0.164. The van der Waals surface area contributed by atoms with E-state index in [1.165, 1.54) is 0 Å². The maximum atomic E-state index is 12.2. The third-order valence-electron chi connectivity index (χ3n) is 3.99. The zero-order chi connectivity index (χ0) is 15.4.